The Morgan fingerprint density at radius 1 is 1.23 bits per heavy atom. The zero-order chi connectivity index (χ0) is 15.6. The van der Waals surface area contributed by atoms with Crippen molar-refractivity contribution in [2.75, 3.05) is 6.54 Å². The summed E-state index contributed by atoms with van der Waals surface area (Å²) in [4.78, 5) is 25.9. The van der Waals surface area contributed by atoms with Crippen LogP contribution in [0.15, 0.2) is 42.1 Å². The molecule has 1 aromatic rings. The fraction of sp³-hybridized carbons (Fsp3) is 0.444. The lowest BCUT2D eigenvalue weighted by Gasteiger charge is -2.44. The van der Waals surface area contributed by atoms with Gasteiger partial charge in [0, 0.05) is 18.7 Å². The van der Waals surface area contributed by atoms with Crippen LogP contribution in [0.1, 0.15) is 37.7 Å². The van der Waals surface area contributed by atoms with Crippen LogP contribution in [0.25, 0.3) is 0 Å². The fourth-order valence-corrected chi connectivity index (χ4v) is 3.63. The van der Waals surface area contributed by atoms with Gasteiger partial charge in [0.15, 0.2) is 0 Å². The number of carboxylic acids is 1. The summed E-state index contributed by atoms with van der Waals surface area (Å²) < 4.78 is 0. The van der Waals surface area contributed by atoms with Crippen LogP contribution in [0.4, 0.5) is 0 Å². The summed E-state index contributed by atoms with van der Waals surface area (Å²) in [6.07, 6.45) is 5.88. The van der Waals surface area contributed by atoms with E-state index >= 15 is 0 Å². The normalized spacial score (nSPS) is 24.6. The maximum Gasteiger partial charge on any atom is 0.315 e. The van der Waals surface area contributed by atoms with Crippen molar-refractivity contribution >= 4 is 11.9 Å². The largest absolute Gasteiger partial charge is 0.481 e. The Morgan fingerprint density at radius 2 is 2.00 bits per heavy atom. The second-order valence-electron chi connectivity index (χ2n) is 6.15. The molecule has 1 atom stereocenters. The van der Waals surface area contributed by atoms with Crippen LogP contribution in [-0.2, 0) is 16.0 Å². The van der Waals surface area contributed by atoms with Gasteiger partial charge in [-0.2, -0.15) is 0 Å². The van der Waals surface area contributed by atoms with Gasteiger partial charge in [0.2, 0.25) is 5.91 Å². The number of carbonyl (C=O) groups excluding carboxylic acids is 1. The topological polar surface area (TPSA) is 57.6 Å². The first-order chi connectivity index (χ1) is 10.6. The smallest absolute Gasteiger partial charge is 0.315 e. The SMILES string of the molecule is O=C1CC[C@]2(C(=O)O)CCCC=C2N1CCc1ccccc1. The van der Waals surface area contributed by atoms with Crippen molar-refractivity contribution in [1.29, 1.82) is 0 Å². The van der Waals surface area contributed by atoms with Crippen LogP contribution in [-0.4, -0.2) is 28.4 Å². The molecule has 2 aliphatic rings. The highest BCUT2D eigenvalue weighted by atomic mass is 16.4. The Balaban J connectivity index is 1.83. The number of piperidine rings is 1. The zero-order valence-corrected chi connectivity index (χ0v) is 12.6. The van der Waals surface area contributed by atoms with Crippen molar-refractivity contribution < 1.29 is 14.7 Å². The molecule has 0 saturated carbocycles. The van der Waals surface area contributed by atoms with Gasteiger partial charge < -0.3 is 10.0 Å². The summed E-state index contributed by atoms with van der Waals surface area (Å²) in [5.41, 5.74) is 1.06. The van der Waals surface area contributed by atoms with Gasteiger partial charge in [0.25, 0.3) is 0 Å². The van der Waals surface area contributed by atoms with E-state index in [4.69, 9.17) is 0 Å². The van der Waals surface area contributed by atoms with Gasteiger partial charge in [-0.25, -0.2) is 0 Å². The number of aliphatic carboxylic acids is 1. The van der Waals surface area contributed by atoms with Crippen LogP contribution in [0.5, 0.6) is 0 Å². The quantitative estimate of drug-likeness (QED) is 0.930. The van der Waals surface area contributed by atoms with E-state index in [2.05, 4.69) is 0 Å². The number of rotatable bonds is 4. The number of nitrogens with zero attached hydrogens (tertiary/aromatic N) is 1. The van der Waals surface area contributed by atoms with E-state index in [1.807, 2.05) is 36.4 Å². The minimum absolute atomic E-state index is 0.0564. The molecule has 1 aliphatic carbocycles. The predicted octanol–water partition coefficient (Wildman–Crippen LogP) is 2.99. The molecular formula is C18H21NO3. The van der Waals surface area contributed by atoms with Crippen molar-refractivity contribution in [3.63, 3.8) is 0 Å². The molecule has 1 aromatic carbocycles. The number of carboxylic acid groups (broad SMARTS) is 1. The van der Waals surface area contributed by atoms with Gasteiger partial charge in [0.05, 0.1) is 0 Å². The second kappa shape index (κ2) is 5.95. The van der Waals surface area contributed by atoms with Gasteiger partial charge in [-0.3, -0.25) is 9.59 Å². The highest BCUT2D eigenvalue weighted by Crippen LogP contribution is 2.46. The van der Waals surface area contributed by atoms with E-state index in [9.17, 15) is 14.7 Å². The highest BCUT2D eigenvalue weighted by Gasteiger charge is 2.49. The fourth-order valence-electron chi connectivity index (χ4n) is 3.63. The molecule has 22 heavy (non-hydrogen) atoms. The number of likely N-dealkylation sites (tertiary alicyclic amines) is 1. The molecule has 1 N–H and O–H groups in total. The molecule has 4 nitrogen and oxygen atoms in total. The predicted molar refractivity (Wildman–Crippen MR) is 83.1 cm³/mol. The average Bonchev–Trinajstić information content (AvgIpc) is 2.55. The van der Waals surface area contributed by atoms with E-state index in [1.165, 1.54) is 5.56 Å². The van der Waals surface area contributed by atoms with Crippen molar-refractivity contribution in [1.82, 2.24) is 4.90 Å². The Kier molecular flexibility index (Phi) is 4.01. The maximum atomic E-state index is 12.3. The summed E-state index contributed by atoms with van der Waals surface area (Å²) in [6.45, 7) is 0.559. The van der Waals surface area contributed by atoms with Crippen molar-refractivity contribution in [3.05, 3.63) is 47.7 Å². The van der Waals surface area contributed by atoms with Gasteiger partial charge in [-0.1, -0.05) is 36.4 Å². The Morgan fingerprint density at radius 3 is 2.73 bits per heavy atom. The molecule has 1 heterocycles. The highest BCUT2D eigenvalue weighted by molar-refractivity contribution is 5.87. The number of hydrogen-bond donors (Lipinski definition) is 1. The van der Waals surface area contributed by atoms with E-state index in [-0.39, 0.29) is 5.91 Å². The second-order valence-corrected chi connectivity index (χ2v) is 6.15. The summed E-state index contributed by atoms with van der Waals surface area (Å²) >= 11 is 0. The van der Waals surface area contributed by atoms with Crippen LogP contribution < -0.4 is 0 Å². The Labute approximate surface area is 130 Å². The van der Waals surface area contributed by atoms with E-state index in [1.54, 1.807) is 4.90 Å². The molecular weight excluding hydrogens is 278 g/mol. The van der Waals surface area contributed by atoms with Crippen molar-refractivity contribution in [2.24, 2.45) is 5.41 Å². The number of benzene rings is 1. The lowest BCUT2D eigenvalue weighted by Crippen LogP contribution is -2.49. The van der Waals surface area contributed by atoms with Gasteiger partial charge in [0.1, 0.15) is 5.41 Å². The molecule has 0 spiro atoms. The molecule has 116 valence electrons. The number of allylic oxidation sites excluding steroid dienone is 1. The molecule has 3 rings (SSSR count). The van der Waals surface area contributed by atoms with E-state index < -0.39 is 11.4 Å². The van der Waals surface area contributed by atoms with Crippen LogP contribution in [0, 0.1) is 5.41 Å². The molecule has 0 radical (unpaired) electrons. The first kappa shape index (κ1) is 14.8. The third kappa shape index (κ3) is 2.54. The average molecular weight is 299 g/mol. The molecule has 0 bridgehead atoms. The van der Waals surface area contributed by atoms with Crippen molar-refractivity contribution in [2.45, 2.75) is 38.5 Å². The molecule has 1 aliphatic heterocycles. The van der Waals surface area contributed by atoms with Gasteiger partial charge >= 0.3 is 5.97 Å². The summed E-state index contributed by atoms with van der Waals surface area (Å²) in [5.74, 6) is -0.725. The monoisotopic (exact) mass is 299 g/mol. The standard InChI is InChI=1S/C18H21NO3/c20-16-9-12-18(17(21)22)11-5-4-8-15(18)19(16)13-10-14-6-2-1-3-7-14/h1-3,6-8H,4-5,9-13H2,(H,21,22)/t18-/m1/s1. The number of hydrogen-bond acceptors (Lipinski definition) is 2. The van der Waals surface area contributed by atoms with Crippen LogP contribution in [0.2, 0.25) is 0 Å². The van der Waals surface area contributed by atoms with Crippen LogP contribution >= 0.6 is 0 Å². The minimum atomic E-state index is -0.844. The number of fused-ring (bicyclic) bond motifs is 1. The summed E-state index contributed by atoms with van der Waals surface area (Å²) in [5, 5.41) is 9.73. The third-order valence-corrected chi connectivity index (χ3v) is 4.87. The zero-order valence-electron chi connectivity index (χ0n) is 12.6. The van der Waals surface area contributed by atoms with Crippen LogP contribution in [0.3, 0.4) is 0 Å². The lowest BCUT2D eigenvalue weighted by molar-refractivity contribution is -0.153. The van der Waals surface area contributed by atoms with Gasteiger partial charge in [-0.05, 0) is 37.7 Å². The molecule has 1 amide bonds. The minimum Gasteiger partial charge on any atom is -0.481 e. The molecule has 0 aromatic heterocycles. The summed E-state index contributed by atoms with van der Waals surface area (Å²) in [6, 6.07) is 10.0. The Hall–Kier alpha value is -2.10. The molecule has 0 unspecified atom stereocenters. The number of carbonyl (C=O) groups is 2. The molecule has 4 heteroatoms. The molecule has 1 fully saturated rings. The molecule has 1 saturated heterocycles. The summed E-state index contributed by atoms with van der Waals surface area (Å²) in [7, 11) is 0. The Bertz CT molecular complexity index is 608. The van der Waals surface area contributed by atoms with E-state index in [0.717, 1.165) is 25.0 Å². The lowest BCUT2D eigenvalue weighted by atomic mass is 9.70. The number of amides is 1. The van der Waals surface area contributed by atoms with Gasteiger partial charge in [-0.15, -0.1) is 0 Å². The third-order valence-electron chi connectivity index (χ3n) is 4.87. The van der Waals surface area contributed by atoms with E-state index in [0.29, 0.717) is 25.8 Å². The van der Waals surface area contributed by atoms with Crippen molar-refractivity contribution in [3.8, 4) is 0 Å². The first-order valence-corrected chi connectivity index (χ1v) is 7.92. The first-order valence-electron chi connectivity index (χ1n) is 7.92. The maximum absolute atomic E-state index is 12.3.